The van der Waals surface area contributed by atoms with Crippen LogP contribution >= 0.6 is 0 Å². The minimum absolute atomic E-state index is 0.179. The number of aromatic nitrogens is 2. The van der Waals surface area contributed by atoms with E-state index in [1.807, 2.05) is 91.9 Å². The average Bonchev–Trinajstić information content (AvgIpc) is 3.39. The molecule has 0 radical (unpaired) electrons. The van der Waals surface area contributed by atoms with Crippen molar-refractivity contribution in [1.29, 1.82) is 0 Å². The molecule has 6 rings (SSSR count). The van der Waals surface area contributed by atoms with E-state index in [9.17, 15) is 8.42 Å². The molecule has 1 N–H and O–H groups in total. The van der Waals surface area contributed by atoms with E-state index in [0.717, 1.165) is 39.4 Å². The first-order valence-corrected chi connectivity index (χ1v) is 15.0. The van der Waals surface area contributed by atoms with Gasteiger partial charge in [-0.05, 0) is 66.6 Å². The van der Waals surface area contributed by atoms with Gasteiger partial charge in [-0.15, -0.1) is 5.10 Å². The highest BCUT2D eigenvalue weighted by atomic mass is 32.2. The second-order valence-electron chi connectivity index (χ2n) is 10.3. The molecule has 1 aliphatic carbocycles. The number of fused-ring (bicyclic) bond motifs is 1. The van der Waals surface area contributed by atoms with Crippen molar-refractivity contribution in [3.63, 3.8) is 0 Å². The number of hydrogen-bond donors (Lipinski definition) is 1. The lowest BCUT2D eigenvalue weighted by atomic mass is 9.68. The zero-order valence-electron chi connectivity index (χ0n) is 23.6. The SMILES string of the molecule is COc1ccc(C2(c3ccc(OC)cc3)C=Cc3c(Nc4ccccc4)nn(S(=O)(=O)c4ccc(C)cc4)c3C2)cc1. The molecule has 5 aromatic rings. The average molecular weight is 578 g/mol. The molecule has 0 atom stereocenters. The highest BCUT2D eigenvalue weighted by Gasteiger charge is 2.40. The number of anilines is 2. The predicted octanol–water partition coefficient (Wildman–Crippen LogP) is 6.74. The normalized spacial score (nSPS) is 13.8. The quantitative estimate of drug-likeness (QED) is 0.220. The summed E-state index contributed by atoms with van der Waals surface area (Å²) < 4.78 is 40.3. The number of rotatable bonds is 8. The third kappa shape index (κ3) is 4.84. The Kier molecular flexibility index (Phi) is 7.08. The van der Waals surface area contributed by atoms with Gasteiger partial charge in [0.05, 0.1) is 24.8 Å². The lowest BCUT2D eigenvalue weighted by Crippen LogP contribution is -2.32. The molecule has 8 heteroatoms. The Bertz CT molecular complexity index is 1800. The number of aryl methyl sites for hydroxylation is 1. The molecule has 0 spiro atoms. The van der Waals surface area contributed by atoms with Crippen LogP contribution in [0.5, 0.6) is 11.5 Å². The van der Waals surface area contributed by atoms with Gasteiger partial charge in [0, 0.05) is 23.1 Å². The van der Waals surface area contributed by atoms with Crippen molar-refractivity contribution in [2.45, 2.75) is 23.7 Å². The fourth-order valence-corrected chi connectivity index (χ4v) is 6.75. The van der Waals surface area contributed by atoms with Crippen LogP contribution in [-0.4, -0.2) is 31.8 Å². The smallest absolute Gasteiger partial charge is 0.283 e. The van der Waals surface area contributed by atoms with Crippen LogP contribution in [0.4, 0.5) is 11.5 Å². The van der Waals surface area contributed by atoms with Crippen LogP contribution in [0.25, 0.3) is 6.08 Å². The monoisotopic (exact) mass is 577 g/mol. The second kappa shape index (κ2) is 10.9. The van der Waals surface area contributed by atoms with Crippen LogP contribution in [0.3, 0.4) is 0 Å². The van der Waals surface area contributed by atoms with Crippen LogP contribution in [0, 0.1) is 6.92 Å². The Morgan fingerprint density at radius 2 is 1.36 bits per heavy atom. The van der Waals surface area contributed by atoms with E-state index in [4.69, 9.17) is 14.6 Å². The van der Waals surface area contributed by atoms with E-state index in [1.165, 1.54) is 4.09 Å². The Morgan fingerprint density at radius 1 is 0.786 bits per heavy atom. The Balaban J connectivity index is 1.56. The number of nitrogens with zero attached hydrogens (tertiary/aromatic N) is 2. The van der Waals surface area contributed by atoms with Crippen molar-refractivity contribution >= 4 is 27.6 Å². The summed E-state index contributed by atoms with van der Waals surface area (Å²) >= 11 is 0. The maximum atomic E-state index is 14.1. The molecule has 1 aliphatic rings. The van der Waals surface area contributed by atoms with Crippen LogP contribution in [0.1, 0.15) is 27.9 Å². The molecule has 0 saturated carbocycles. The lowest BCUT2D eigenvalue weighted by Gasteiger charge is -2.35. The van der Waals surface area contributed by atoms with Crippen molar-refractivity contribution in [2.75, 3.05) is 19.5 Å². The minimum atomic E-state index is -4.01. The molecule has 0 amide bonds. The maximum Gasteiger partial charge on any atom is 0.283 e. The highest BCUT2D eigenvalue weighted by molar-refractivity contribution is 7.89. The largest absolute Gasteiger partial charge is 0.497 e. The van der Waals surface area contributed by atoms with Crippen LogP contribution in [0.2, 0.25) is 0 Å². The van der Waals surface area contributed by atoms with Crippen LogP contribution in [-0.2, 0) is 21.9 Å². The van der Waals surface area contributed by atoms with Crippen molar-refractivity contribution in [3.8, 4) is 11.5 Å². The zero-order valence-corrected chi connectivity index (χ0v) is 24.4. The van der Waals surface area contributed by atoms with Crippen LogP contribution < -0.4 is 14.8 Å². The number of allylic oxidation sites excluding steroid dienone is 1. The van der Waals surface area contributed by atoms with Gasteiger partial charge in [-0.3, -0.25) is 0 Å². The van der Waals surface area contributed by atoms with Gasteiger partial charge in [-0.25, -0.2) is 0 Å². The number of nitrogens with one attached hydrogen (secondary N) is 1. The number of para-hydroxylation sites is 1. The fraction of sp³-hybridized carbons (Fsp3) is 0.147. The summed E-state index contributed by atoms with van der Waals surface area (Å²) in [6, 6.07) is 32.3. The second-order valence-corrected chi connectivity index (χ2v) is 12.1. The van der Waals surface area contributed by atoms with E-state index >= 15 is 0 Å². The van der Waals surface area contributed by atoms with Gasteiger partial charge in [0.15, 0.2) is 5.82 Å². The lowest BCUT2D eigenvalue weighted by molar-refractivity contribution is 0.414. The van der Waals surface area contributed by atoms with Gasteiger partial charge in [-0.2, -0.15) is 12.5 Å². The molecule has 1 heterocycles. The molecule has 4 aromatic carbocycles. The molecular formula is C34H31N3O4S. The fourth-order valence-electron chi connectivity index (χ4n) is 5.43. The van der Waals surface area contributed by atoms with E-state index in [-0.39, 0.29) is 4.90 Å². The molecule has 42 heavy (non-hydrogen) atoms. The number of hydrogen-bond acceptors (Lipinski definition) is 6. The van der Waals surface area contributed by atoms with Gasteiger partial charge < -0.3 is 14.8 Å². The molecule has 0 unspecified atom stereocenters. The molecule has 0 bridgehead atoms. The van der Waals surface area contributed by atoms with Crippen molar-refractivity contribution in [1.82, 2.24) is 9.19 Å². The first kappa shape index (κ1) is 27.4. The van der Waals surface area contributed by atoms with Crippen molar-refractivity contribution in [2.24, 2.45) is 0 Å². The van der Waals surface area contributed by atoms with Gasteiger partial charge in [0.25, 0.3) is 10.0 Å². The standard InChI is InChI=1S/C34H31N3O4S/c1-24-9-19-30(20-10-24)42(38,39)37-32-23-34(25-11-15-28(40-2)16-12-25,26-13-17-29(41-3)18-14-26)22-21-31(32)33(36-37)35-27-7-5-4-6-8-27/h4-22H,23H2,1-3H3,(H,35,36). The maximum absolute atomic E-state index is 14.1. The number of methoxy groups -OCH3 is 2. The Labute approximate surface area is 246 Å². The summed E-state index contributed by atoms with van der Waals surface area (Å²) in [5, 5.41) is 8.03. The molecule has 1 aromatic heterocycles. The summed E-state index contributed by atoms with van der Waals surface area (Å²) in [5.41, 5.74) is 4.41. The summed E-state index contributed by atoms with van der Waals surface area (Å²) in [4.78, 5) is 0.179. The Hall–Kier alpha value is -4.82. The van der Waals surface area contributed by atoms with Gasteiger partial charge in [-0.1, -0.05) is 72.3 Å². The summed E-state index contributed by atoms with van der Waals surface area (Å²) in [6.07, 6.45) is 4.47. The summed E-state index contributed by atoms with van der Waals surface area (Å²) in [5.74, 6) is 1.96. The predicted molar refractivity (Wildman–Crippen MR) is 165 cm³/mol. The van der Waals surface area contributed by atoms with Gasteiger partial charge in [0.2, 0.25) is 0 Å². The molecule has 0 aliphatic heterocycles. The molecule has 0 saturated heterocycles. The van der Waals surface area contributed by atoms with Gasteiger partial charge in [0.1, 0.15) is 11.5 Å². The van der Waals surface area contributed by atoms with Crippen molar-refractivity contribution in [3.05, 3.63) is 137 Å². The van der Waals surface area contributed by atoms with Gasteiger partial charge >= 0.3 is 0 Å². The topological polar surface area (TPSA) is 82.4 Å². The van der Waals surface area contributed by atoms with E-state index in [2.05, 4.69) is 11.4 Å². The van der Waals surface area contributed by atoms with Crippen molar-refractivity contribution < 1.29 is 17.9 Å². The first-order valence-electron chi connectivity index (χ1n) is 13.6. The minimum Gasteiger partial charge on any atom is -0.497 e. The van der Waals surface area contributed by atoms with E-state index in [0.29, 0.717) is 17.9 Å². The summed E-state index contributed by atoms with van der Waals surface area (Å²) in [7, 11) is -0.741. The molecule has 0 fully saturated rings. The number of benzene rings is 4. The third-order valence-corrected chi connectivity index (χ3v) is 9.39. The first-order chi connectivity index (χ1) is 20.3. The molecule has 212 valence electrons. The Morgan fingerprint density at radius 3 is 1.90 bits per heavy atom. The number of ether oxygens (including phenoxy) is 2. The zero-order chi connectivity index (χ0) is 29.3. The molecule has 7 nitrogen and oxygen atoms in total. The summed E-state index contributed by atoms with van der Waals surface area (Å²) in [6.45, 7) is 1.93. The highest BCUT2D eigenvalue weighted by Crippen LogP contribution is 2.45. The molecular weight excluding hydrogens is 546 g/mol. The van der Waals surface area contributed by atoms with E-state index < -0.39 is 15.4 Å². The van der Waals surface area contributed by atoms with E-state index in [1.54, 1.807) is 38.5 Å². The van der Waals surface area contributed by atoms with Crippen LogP contribution in [0.15, 0.2) is 114 Å². The third-order valence-electron chi connectivity index (χ3n) is 7.76.